The van der Waals surface area contributed by atoms with E-state index in [1.54, 1.807) is 0 Å². The minimum absolute atomic E-state index is 0.142. The fraction of sp³-hybridized carbons (Fsp3) is 0.500. The molecule has 3 heteroatoms. The second-order valence-corrected chi connectivity index (χ2v) is 4.62. The van der Waals surface area contributed by atoms with E-state index in [0.29, 0.717) is 0 Å². The Morgan fingerprint density at radius 1 is 1.47 bits per heavy atom. The highest BCUT2D eigenvalue weighted by molar-refractivity contribution is 5.99. The van der Waals surface area contributed by atoms with Gasteiger partial charge in [-0.3, -0.25) is 9.69 Å². The Morgan fingerprint density at radius 2 is 2.18 bits per heavy atom. The monoisotopic (exact) mass is 233 g/mol. The molecule has 1 fully saturated rings. The molecule has 1 aromatic carbocycles. The number of rotatable bonds is 4. The van der Waals surface area contributed by atoms with Crippen molar-refractivity contribution in [2.24, 2.45) is 0 Å². The predicted molar refractivity (Wildman–Crippen MR) is 67.0 cm³/mol. The van der Waals surface area contributed by atoms with Crippen molar-refractivity contribution in [1.82, 2.24) is 4.90 Å². The summed E-state index contributed by atoms with van der Waals surface area (Å²) in [7, 11) is 0. The molecular formula is C14H19NO2. The molecule has 0 bridgehead atoms. The van der Waals surface area contributed by atoms with Gasteiger partial charge in [0.2, 0.25) is 0 Å². The lowest BCUT2D eigenvalue weighted by molar-refractivity contribution is 0.0758. The lowest BCUT2D eigenvalue weighted by Gasteiger charge is -2.28. The standard InChI is InChI=1S/C14H19NO2/c1-11(15-9-5-8-13(15)10-16)14(17)12-6-3-2-4-7-12/h2-4,6-7,11,13,16H,5,8-10H2,1H3. The molecule has 2 rings (SSSR count). The molecule has 1 aliphatic rings. The van der Waals surface area contributed by atoms with E-state index in [0.717, 1.165) is 24.9 Å². The molecule has 0 saturated carbocycles. The van der Waals surface area contributed by atoms with Crippen molar-refractivity contribution < 1.29 is 9.90 Å². The average Bonchev–Trinajstić information content (AvgIpc) is 2.86. The SMILES string of the molecule is CC(C(=O)c1ccccc1)N1CCCC1CO. The summed E-state index contributed by atoms with van der Waals surface area (Å²) in [6.07, 6.45) is 2.06. The van der Waals surface area contributed by atoms with E-state index in [1.165, 1.54) is 0 Å². The largest absolute Gasteiger partial charge is 0.395 e. The van der Waals surface area contributed by atoms with Crippen LogP contribution in [0, 0.1) is 0 Å². The van der Waals surface area contributed by atoms with Crippen molar-refractivity contribution in [3.63, 3.8) is 0 Å². The summed E-state index contributed by atoms with van der Waals surface area (Å²) in [5, 5.41) is 9.28. The van der Waals surface area contributed by atoms with Crippen molar-refractivity contribution >= 4 is 5.78 Å². The molecule has 2 atom stereocenters. The van der Waals surface area contributed by atoms with Gasteiger partial charge in [0.25, 0.3) is 0 Å². The quantitative estimate of drug-likeness (QED) is 0.805. The van der Waals surface area contributed by atoms with Crippen molar-refractivity contribution in [2.45, 2.75) is 31.8 Å². The first kappa shape index (κ1) is 12.3. The van der Waals surface area contributed by atoms with Crippen LogP contribution >= 0.6 is 0 Å². The molecule has 0 aliphatic carbocycles. The van der Waals surface area contributed by atoms with E-state index in [4.69, 9.17) is 0 Å². The van der Waals surface area contributed by atoms with Gasteiger partial charge in [-0.15, -0.1) is 0 Å². The van der Waals surface area contributed by atoms with Gasteiger partial charge in [-0.1, -0.05) is 30.3 Å². The molecular weight excluding hydrogens is 214 g/mol. The Kier molecular flexibility index (Phi) is 3.92. The maximum Gasteiger partial charge on any atom is 0.179 e. The van der Waals surface area contributed by atoms with Gasteiger partial charge in [0.1, 0.15) is 0 Å². The number of hydrogen-bond acceptors (Lipinski definition) is 3. The van der Waals surface area contributed by atoms with Gasteiger partial charge in [-0.25, -0.2) is 0 Å². The van der Waals surface area contributed by atoms with Gasteiger partial charge in [0, 0.05) is 11.6 Å². The number of aliphatic hydroxyl groups is 1. The van der Waals surface area contributed by atoms with E-state index < -0.39 is 0 Å². The van der Waals surface area contributed by atoms with Crippen LogP contribution in [0.5, 0.6) is 0 Å². The van der Waals surface area contributed by atoms with Crippen LogP contribution in [-0.4, -0.2) is 41.0 Å². The van der Waals surface area contributed by atoms with Gasteiger partial charge in [0.15, 0.2) is 5.78 Å². The molecule has 1 aliphatic heterocycles. The normalized spacial score (nSPS) is 22.6. The fourth-order valence-corrected chi connectivity index (χ4v) is 2.56. The summed E-state index contributed by atoms with van der Waals surface area (Å²) < 4.78 is 0. The second-order valence-electron chi connectivity index (χ2n) is 4.62. The minimum Gasteiger partial charge on any atom is -0.395 e. The summed E-state index contributed by atoms with van der Waals surface area (Å²) in [5.41, 5.74) is 0.753. The van der Waals surface area contributed by atoms with Crippen molar-refractivity contribution in [2.75, 3.05) is 13.2 Å². The lowest BCUT2D eigenvalue weighted by atomic mass is 10.0. The Bertz CT molecular complexity index is 377. The Labute approximate surface area is 102 Å². The van der Waals surface area contributed by atoms with Gasteiger partial charge < -0.3 is 5.11 Å². The number of benzene rings is 1. The van der Waals surface area contributed by atoms with Crippen LogP contribution in [0.1, 0.15) is 30.1 Å². The summed E-state index contributed by atoms with van der Waals surface area (Å²) in [5.74, 6) is 0.144. The molecule has 1 N–H and O–H groups in total. The zero-order valence-electron chi connectivity index (χ0n) is 10.2. The van der Waals surface area contributed by atoms with E-state index in [-0.39, 0.29) is 24.5 Å². The molecule has 1 heterocycles. The van der Waals surface area contributed by atoms with Crippen LogP contribution in [0.3, 0.4) is 0 Å². The van der Waals surface area contributed by atoms with Gasteiger partial charge in [-0.2, -0.15) is 0 Å². The van der Waals surface area contributed by atoms with Gasteiger partial charge in [-0.05, 0) is 26.3 Å². The topological polar surface area (TPSA) is 40.5 Å². The highest BCUT2D eigenvalue weighted by Crippen LogP contribution is 2.21. The number of nitrogens with zero attached hydrogens (tertiary/aromatic N) is 1. The van der Waals surface area contributed by atoms with Crippen LogP contribution in [0.4, 0.5) is 0 Å². The first-order valence-electron chi connectivity index (χ1n) is 6.20. The second kappa shape index (κ2) is 5.43. The van der Waals surface area contributed by atoms with E-state index in [9.17, 15) is 9.90 Å². The average molecular weight is 233 g/mol. The van der Waals surface area contributed by atoms with Crippen LogP contribution in [0.25, 0.3) is 0 Å². The molecule has 17 heavy (non-hydrogen) atoms. The maximum atomic E-state index is 12.3. The predicted octanol–water partition coefficient (Wildman–Crippen LogP) is 1.71. The summed E-state index contributed by atoms with van der Waals surface area (Å²) in [6.45, 7) is 2.99. The number of carbonyl (C=O) groups is 1. The zero-order chi connectivity index (χ0) is 12.3. The molecule has 0 aromatic heterocycles. The van der Waals surface area contributed by atoms with Crippen LogP contribution in [0.15, 0.2) is 30.3 Å². The highest BCUT2D eigenvalue weighted by atomic mass is 16.3. The lowest BCUT2D eigenvalue weighted by Crippen LogP contribution is -2.43. The molecule has 3 nitrogen and oxygen atoms in total. The molecule has 1 saturated heterocycles. The highest BCUT2D eigenvalue weighted by Gasteiger charge is 2.31. The van der Waals surface area contributed by atoms with Crippen molar-refractivity contribution in [3.8, 4) is 0 Å². The summed E-state index contributed by atoms with van der Waals surface area (Å²) in [4.78, 5) is 14.4. The maximum absolute atomic E-state index is 12.3. The van der Waals surface area contributed by atoms with Crippen LogP contribution in [-0.2, 0) is 0 Å². The fourth-order valence-electron chi connectivity index (χ4n) is 2.56. The van der Waals surface area contributed by atoms with Crippen molar-refractivity contribution in [3.05, 3.63) is 35.9 Å². The Morgan fingerprint density at radius 3 is 2.82 bits per heavy atom. The Balaban J connectivity index is 2.10. The van der Waals surface area contributed by atoms with Crippen molar-refractivity contribution in [1.29, 1.82) is 0 Å². The molecule has 92 valence electrons. The van der Waals surface area contributed by atoms with Gasteiger partial charge in [0.05, 0.1) is 12.6 Å². The smallest absolute Gasteiger partial charge is 0.179 e. The molecule has 0 amide bonds. The third-order valence-electron chi connectivity index (χ3n) is 3.57. The first-order chi connectivity index (χ1) is 8.24. The van der Waals surface area contributed by atoms with E-state index >= 15 is 0 Å². The number of likely N-dealkylation sites (tertiary alicyclic amines) is 1. The van der Waals surface area contributed by atoms with Crippen LogP contribution < -0.4 is 0 Å². The molecule has 0 radical (unpaired) electrons. The number of Topliss-reactive ketones (excluding diaryl/α,β-unsaturated/α-hetero) is 1. The first-order valence-corrected chi connectivity index (χ1v) is 6.20. The van der Waals surface area contributed by atoms with E-state index in [2.05, 4.69) is 4.90 Å². The third-order valence-corrected chi connectivity index (χ3v) is 3.57. The summed E-state index contributed by atoms with van der Waals surface area (Å²) in [6, 6.07) is 9.38. The van der Waals surface area contributed by atoms with E-state index in [1.807, 2.05) is 37.3 Å². The Hall–Kier alpha value is -1.19. The molecule has 1 aromatic rings. The summed E-state index contributed by atoms with van der Waals surface area (Å²) >= 11 is 0. The molecule has 2 unspecified atom stereocenters. The zero-order valence-corrected chi connectivity index (χ0v) is 10.2. The number of hydrogen-bond donors (Lipinski definition) is 1. The van der Waals surface area contributed by atoms with Gasteiger partial charge >= 0.3 is 0 Å². The number of ketones is 1. The minimum atomic E-state index is -0.142. The molecule has 0 spiro atoms. The number of aliphatic hydroxyl groups excluding tert-OH is 1. The third kappa shape index (κ3) is 2.56. The van der Waals surface area contributed by atoms with Crippen LogP contribution in [0.2, 0.25) is 0 Å². The number of carbonyl (C=O) groups excluding carboxylic acids is 1.